The molecule has 1 aliphatic heterocycles. The summed E-state index contributed by atoms with van der Waals surface area (Å²) in [7, 11) is 0. The zero-order valence-corrected chi connectivity index (χ0v) is 13.8. The van der Waals surface area contributed by atoms with Crippen LogP contribution in [-0.4, -0.2) is 38.7 Å². The number of hydrogen-bond donors (Lipinski definition) is 2. The number of likely N-dealkylation sites (tertiary alicyclic amines) is 1. The average Bonchev–Trinajstić information content (AvgIpc) is 3.08. The van der Waals surface area contributed by atoms with Crippen LogP contribution in [0.4, 0.5) is 23.0 Å². The number of aromatic nitrogens is 2. The number of piperidine rings is 1. The summed E-state index contributed by atoms with van der Waals surface area (Å²) in [5.74, 6) is 0. The van der Waals surface area contributed by atoms with Gasteiger partial charge in [0.1, 0.15) is 5.00 Å². The summed E-state index contributed by atoms with van der Waals surface area (Å²) in [6.45, 7) is 0.454. The van der Waals surface area contributed by atoms with Gasteiger partial charge < -0.3 is 10.0 Å². The quantitative estimate of drug-likeness (QED) is 0.849. The van der Waals surface area contributed by atoms with Crippen LogP contribution >= 0.6 is 11.5 Å². The van der Waals surface area contributed by atoms with Crippen LogP contribution in [-0.2, 0) is 11.8 Å². The smallest absolute Gasteiger partial charge is 0.385 e. The number of nitrogens with one attached hydrogen (secondary N) is 1. The number of aliphatic hydroxyl groups is 1. The summed E-state index contributed by atoms with van der Waals surface area (Å²) in [6.07, 6.45) is -2.73. The standard InChI is InChI=1S/C15H15F3N4O2S/c16-15(17,18)11-3-1-2-10(8-11)14(24)4-6-22(7-5-14)13(23)20-12-9-19-21-25-12/h1-3,8-9,24H,4-7H2,(H,20,23). The van der Waals surface area contributed by atoms with Crippen molar-refractivity contribution in [2.75, 3.05) is 18.4 Å². The van der Waals surface area contributed by atoms with Crippen molar-refractivity contribution in [1.82, 2.24) is 14.5 Å². The van der Waals surface area contributed by atoms with E-state index in [2.05, 4.69) is 14.9 Å². The summed E-state index contributed by atoms with van der Waals surface area (Å²) in [4.78, 5) is 13.6. The van der Waals surface area contributed by atoms with Gasteiger partial charge >= 0.3 is 12.2 Å². The van der Waals surface area contributed by atoms with Crippen LogP contribution in [0.25, 0.3) is 0 Å². The molecule has 1 saturated heterocycles. The van der Waals surface area contributed by atoms with Crippen molar-refractivity contribution in [3.8, 4) is 0 Å². The predicted octanol–water partition coefficient (Wildman–Crippen LogP) is 3.07. The van der Waals surface area contributed by atoms with E-state index < -0.39 is 17.3 Å². The highest BCUT2D eigenvalue weighted by Gasteiger charge is 2.38. The Hall–Kier alpha value is -2.20. The molecule has 3 rings (SSSR count). The number of amides is 2. The molecule has 0 spiro atoms. The number of carbonyl (C=O) groups excluding carboxylic acids is 1. The van der Waals surface area contributed by atoms with Crippen LogP contribution in [0.5, 0.6) is 0 Å². The fourth-order valence-electron chi connectivity index (χ4n) is 2.76. The van der Waals surface area contributed by atoms with Crippen molar-refractivity contribution in [2.45, 2.75) is 24.6 Å². The Bertz CT molecular complexity index is 743. The Balaban J connectivity index is 1.67. The lowest BCUT2D eigenvalue weighted by atomic mass is 9.84. The molecule has 1 fully saturated rings. The number of nitrogens with zero attached hydrogens (tertiary/aromatic N) is 3. The van der Waals surface area contributed by atoms with Gasteiger partial charge in [-0.05, 0) is 30.5 Å². The summed E-state index contributed by atoms with van der Waals surface area (Å²) >= 11 is 1.04. The molecular formula is C15H15F3N4O2S. The highest BCUT2D eigenvalue weighted by atomic mass is 32.1. The molecule has 0 radical (unpaired) electrons. The molecular weight excluding hydrogens is 357 g/mol. The third kappa shape index (κ3) is 3.90. The van der Waals surface area contributed by atoms with Crippen LogP contribution in [0.1, 0.15) is 24.0 Å². The third-order valence-corrected chi connectivity index (χ3v) is 4.78. The van der Waals surface area contributed by atoms with Gasteiger partial charge in [-0.3, -0.25) is 5.32 Å². The van der Waals surface area contributed by atoms with Crippen molar-refractivity contribution in [1.29, 1.82) is 0 Å². The van der Waals surface area contributed by atoms with E-state index in [1.54, 1.807) is 0 Å². The van der Waals surface area contributed by atoms with Gasteiger partial charge in [-0.15, -0.1) is 5.10 Å². The fraction of sp³-hybridized carbons (Fsp3) is 0.400. The van der Waals surface area contributed by atoms with Gasteiger partial charge in [0.2, 0.25) is 0 Å². The summed E-state index contributed by atoms with van der Waals surface area (Å²) in [5, 5.41) is 17.5. The number of carbonyl (C=O) groups is 1. The van der Waals surface area contributed by atoms with Gasteiger partial charge in [0.25, 0.3) is 0 Å². The highest BCUT2D eigenvalue weighted by molar-refractivity contribution is 7.10. The normalized spacial score (nSPS) is 17.4. The van der Waals surface area contributed by atoms with E-state index in [9.17, 15) is 23.1 Å². The second-order valence-corrected chi connectivity index (χ2v) is 6.59. The number of benzene rings is 1. The first-order valence-electron chi connectivity index (χ1n) is 7.51. The Kier molecular flexibility index (Phi) is 4.65. The van der Waals surface area contributed by atoms with Crippen molar-refractivity contribution in [2.24, 2.45) is 0 Å². The summed E-state index contributed by atoms with van der Waals surface area (Å²) in [5.41, 5.74) is -1.96. The van der Waals surface area contributed by atoms with E-state index in [1.807, 2.05) is 0 Å². The monoisotopic (exact) mass is 372 g/mol. The molecule has 1 aliphatic rings. The fourth-order valence-corrected chi connectivity index (χ4v) is 3.17. The molecule has 1 aromatic carbocycles. The Morgan fingerprint density at radius 1 is 1.32 bits per heavy atom. The largest absolute Gasteiger partial charge is 0.416 e. The lowest BCUT2D eigenvalue weighted by Gasteiger charge is -2.38. The molecule has 10 heteroatoms. The van der Waals surface area contributed by atoms with E-state index >= 15 is 0 Å². The Morgan fingerprint density at radius 2 is 2.04 bits per heavy atom. The van der Waals surface area contributed by atoms with Crippen LogP contribution in [0.3, 0.4) is 0 Å². The van der Waals surface area contributed by atoms with Crippen molar-refractivity contribution >= 4 is 22.6 Å². The zero-order valence-electron chi connectivity index (χ0n) is 13.0. The minimum absolute atomic E-state index is 0.155. The van der Waals surface area contributed by atoms with Crippen molar-refractivity contribution < 1.29 is 23.1 Å². The van der Waals surface area contributed by atoms with E-state index in [0.29, 0.717) is 5.00 Å². The highest BCUT2D eigenvalue weighted by Crippen LogP contribution is 2.36. The van der Waals surface area contributed by atoms with Crippen molar-refractivity contribution in [3.05, 3.63) is 41.6 Å². The molecule has 0 aliphatic carbocycles. The van der Waals surface area contributed by atoms with Gasteiger partial charge in [-0.2, -0.15) is 13.2 Å². The van der Waals surface area contributed by atoms with E-state index in [1.165, 1.54) is 23.2 Å². The topological polar surface area (TPSA) is 78.4 Å². The molecule has 2 heterocycles. The van der Waals surface area contributed by atoms with Gasteiger partial charge in [-0.1, -0.05) is 16.6 Å². The van der Waals surface area contributed by atoms with Crippen LogP contribution in [0.2, 0.25) is 0 Å². The second-order valence-electron chi connectivity index (χ2n) is 5.81. The first-order chi connectivity index (χ1) is 11.8. The summed E-state index contributed by atoms with van der Waals surface area (Å²) in [6, 6.07) is 4.36. The zero-order chi connectivity index (χ0) is 18.1. The molecule has 0 atom stereocenters. The minimum atomic E-state index is -4.46. The number of hydrogen-bond acceptors (Lipinski definition) is 5. The minimum Gasteiger partial charge on any atom is -0.385 e. The molecule has 6 nitrogen and oxygen atoms in total. The Labute approximate surface area is 145 Å². The van der Waals surface area contributed by atoms with Gasteiger partial charge in [0.15, 0.2) is 0 Å². The molecule has 2 N–H and O–H groups in total. The van der Waals surface area contributed by atoms with Crippen LogP contribution in [0.15, 0.2) is 30.5 Å². The predicted molar refractivity (Wildman–Crippen MR) is 85.1 cm³/mol. The average molecular weight is 372 g/mol. The molecule has 134 valence electrons. The van der Waals surface area contributed by atoms with Gasteiger partial charge in [-0.25, -0.2) is 4.79 Å². The lowest BCUT2D eigenvalue weighted by Crippen LogP contribution is -2.46. The third-order valence-electron chi connectivity index (χ3n) is 4.20. The van der Waals surface area contributed by atoms with E-state index in [0.717, 1.165) is 23.7 Å². The Morgan fingerprint density at radius 3 is 2.64 bits per heavy atom. The van der Waals surface area contributed by atoms with Crippen LogP contribution in [0, 0.1) is 0 Å². The number of halogens is 3. The molecule has 0 bridgehead atoms. The maximum absolute atomic E-state index is 12.9. The first-order valence-corrected chi connectivity index (χ1v) is 8.29. The molecule has 1 aromatic heterocycles. The van der Waals surface area contributed by atoms with Gasteiger partial charge in [0, 0.05) is 24.6 Å². The number of rotatable bonds is 2. The second kappa shape index (κ2) is 6.60. The van der Waals surface area contributed by atoms with Gasteiger partial charge in [0.05, 0.1) is 17.4 Å². The maximum Gasteiger partial charge on any atom is 0.416 e. The molecule has 2 aromatic rings. The number of urea groups is 1. The summed E-state index contributed by atoms with van der Waals surface area (Å²) < 4.78 is 42.2. The van der Waals surface area contributed by atoms with E-state index in [4.69, 9.17) is 0 Å². The first kappa shape index (κ1) is 17.6. The number of alkyl halides is 3. The molecule has 25 heavy (non-hydrogen) atoms. The van der Waals surface area contributed by atoms with E-state index in [-0.39, 0.29) is 37.5 Å². The molecule has 0 unspecified atom stereocenters. The lowest BCUT2D eigenvalue weighted by molar-refractivity contribution is -0.137. The molecule has 0 saturated carbocycles. The SMILES string of the molecule is O=C(Nc1cnns1)N1CCC(O)(c2cccc(C(F)(F)F)c2)CC1. The number of anilines is 1. The maximum atomic E-state index is 12.9. The van der Waals surface area contributed by atoms with Crippen molar-refractivity contribution in [3.63, 3.8) is 0 Å². The molecule has 2 amide bonds. The van der Waals surface area contributed by atoms with Crippen LogP contribution < -0.4 is 5.32 Å².